The van der Waals surface area contributed by atoms with Crippen LogP contribution in [0.15, 0.2) is 54.9 Å². The molecule has 4 amide bonds. The van der Waals surface area contributed by atoms with Crippen molar-refractivity contribution < 1.29 is 28.0 Å². The Morgan fingerprint density at radius 3 is 2.14 bits per heavy atom. The number of rotatable bonds is 17. The van der Waals surface area contributed by atoms with Gasteiger partial charge in [0.1, 0.15) is 12.1 Å². The number of carbonyl (C=O) groups excluding carboxylic acids is 4. The molecule has 4 atom stereocenters. The average Bonchev–Trinajstić information content (AvgIpc) is 2.98. The highest BCUT2D eigenvalue weighted by Crippen LogP contribution is 2.20. The summed E-state index contributed by atoms with van der Waals surface area (Å²) >= 11 is 0. The fraction of sp³-hybridized carbons (Fsp3) is 0.500. The molecule has 2 aromatic rings. The number of nitrogens with one attached hydrogen (secondary N) is 3. The Morgan fingerprint density at radius 1 is 0.905 bits per heavy atom. The minimum absolute atomic E-state index is 0.0448. The second kappa shape index (κ2) is 17.1. The summed E-state index contributed by atoms with van der Waals surface area (Å²) < 4.78 is 29.5. The smallest absolute Gasteiger partial charge is 0.308 e. The highest BCUT2D eigenvalue weighted by atomic mass is 19.2. The van der Waals surface area contributed by atoms with Crippen LogP contribution >= 0.6 is 0 Å². The summed E-state index contributed by atoms with van der Waals surface area (Å²) in [6, 6.07) is 8.88. The average molecular weight is 589 g/mol. The molecular formula is C30H42F2N6O4. The summed E-state index contributed by atoms with van der Waals surface area (Å²) in [5.41, 5.74) is 7.50. The van der Waals surface area contributed by atoms with Crippen LogP contribution in [0.2, 0.25) is 0 Å². The van der Waals surface area contributed by atoms with Gasteiger partial charge in [-0.05, 0) is 36.5 Å². The first-order valence-electron chi connectivity index (χ1n) is 14.2. The summed E-state index contributed by atoms with van der Waals surface area (Å²) in [7, 11) is 0.748. The van der Waals surface area contributed by atoms with E-state index in [1.165, 1.54) is 0 Å². The maximum absolute atomic E-state index is 15.7. The van der Waals surface area contributed by atoms with E-state index in [0.29, 0.717) is 18.4 Å². The Kier molecular flexibility index (Phi) is 14.0. The van der Waals surface area contributed by atoms with Gasteiger partial charge in [-0.3, -0.25) is 24.2 Å². The zero-order chi connectivity index (χ0) is 31.1. The molecule has 2 rings (SSSR count). The van der Waals surface area contributed by atoms with E-state index in [1.807, 2.05) is 12.2 Å². The van der Waals surface area contributed by atoms with Gasteiger partial charge in [-0.2, -0.15) is 5.12 Å². The molecule has 1 aromatic carbocycles. The summed E-state index contributed by atoms with van der Waals surface area (Å²) in [6.45, 7) is 3.68. The molecule has 0 aliphatic carbocycles. The van der Waals surface area contributed by atoms with Crippen LogP contribution in [-0.2, 0) is 32.0 Å². The van der Waals surface area contributed by atoms with Crippen molar-refractivity contribution in [2.24, 2.45) is 5.73 Å². The van der Waals surface area contributed by atoms with Crippen molar-refractivity contribution in [2.75, 3.05) is 7.05 Å². The lowest BCUT2D eigenvalue weighted by molar-refractivity contribution is -0.162. The molecule has 1 aromatic heterocycles. The van der Waals surface area contributed by atoms with E-state index < -0.39 is 59.1 Å². The van der Waals surface area contributed by atoms with E-state index in [2.05, 4.69) is 15.6 Å². The van der Waals surface area contributed by atoms with Gasteiger partial charge in [0.05, 0.1) is 6.04 Å². The lowest BCUT2D eigenvalue weighted by atomic mass is 10.0. The molecule has 0 radical (unpaired) electrons. The first-order valence-corrected chi connectivity index (χ1v) is 14.2. The molecule has 0 fully saturated rings. The maximum Gasteiger partial charge on any atom is 0.308 e. The monoisotopic (exact) mass is 588 g/mol. The maximum atomic E-state index is 15.7. The van der Waals surface area contributed by atoms with E-state index in [0.717, 1.165) is 19.0 Å². The molecule has 10 nitrogen and oxygen atoms in total. The number of carbonyl (C=O) groups is 4. The van der Waals surface area contributed by atoms with E-state index in [4.69, 9.17) is 5.73 Å². The minimum atomic E-state index is -3.01. The summed E-state index contributed by atoms with van der Waals surface area (Å²) in [4.78, 5) is 56.1. The van der Waals surface area contributed by atoms with Crippen LogP contribution in [0.25, 0.3) is 0 Å². The molecule has 42 heavy (non-hydrogen) atoms. The predicted octanol–water partition coefficient (Wildman–Crippen LogP) is 2.67. The third kappa shape index (κ3) is 10.8. The van der Waals surface area contributed by atoms with Crippen molar-refractivity contribution in [1.82, 2.24) is 26.1 Å². The molecule has 0 aliphatic rings. The van der Waals surface area contributed by atoms with Gasteiger partial charge >= 0.3 is 5.91 Å². The van der Waals surface area contributed by atoms with Crippen LogP contribution in [0.1, 0.15) is 63.5 Å². The fourth-order valence-electron chi connectivity index (χ4n) is 4.32. The van der Waals surface area contributed by atoms with Crippen molar-refractivity contribution in [3.8, 4) is 0 Å². The third-order valence-corrected chi connectivity index (χ3v) is 6.73. The number of alkyl halides is 1. The van der Waals surface area contributed by atoms with Gasteiger partial charge in [0, 0.05) is 32.3 Å². The van der Waals surface area contributed by atoms with Gasteiger partial charge < -0.3 is 21.7 Å². The zero-order valence-corrected chi connectivity index (χ0v) is 24.4. The zero-order valence-electron chi connectivity index (χ0n) is 24.4. The minimum Gasteiger partial charge on any atom is -0.343 e. The number of halogens is 2. The largest absolute Gasteiger partial charge is 0.343 e. The SMILES string of the molecule is CCCC[C@H](NC(=O)[C@@H](N)Cc1cccnc1)C(=O)N[C@@H](Cc1ccccc1)C(=O)N[C@@](F)(CCCC)C(=O)N(C)F. The Balaban J connectivity index is 2.26. The summed E-state index contributed by atoms with van der Waals surface area (Å²) in [5.74, 6) is -6.79. The van der Waals surface area contributed by atoms with Crippen molar-refractivity contribution in [1.29, 1.82) is 0 Å². The molecule has 0 spiro atoms. The number of aromatic nitrogens is 1. The standard InChI is InChI=1S/C30H42F2N6O4/c1-4-6-15-24(35-26(39)23(33)18-22-14-11-17-34-20-22)27(40)36-25(19-21-12-9-8-10-13-21)28(41)37-30(31,16-7-5-2)29(42)38(3)32/h8-14,17,20,23-25H,4-7,15-16,18-19,33H2,1-3H3,(H,35,39)(H,36,40)(H,37,41)/t23-,24-,25-,30-/m0/s1. The number of hydrogen-bond donors (Lipinski definition) is 4. The molecular weight excluding hydrogens is 546 g/mol. The van der Waals surface area contributed by atoms with Crippen LogP contribution in [0.4, 0.5) is 8.87 Å². The highest BCUT2D eigenvalue weighted by molar-refractivity contribution is 5.95. The van der Waals surface area contributed by atoms with Crippen LogP contribution in [0.5, 0.6) is 0 Å². The second-order valence-electron chi connectivity index (χ2n) is 10.3. The molecule has 12 heteroatoms. The number of nitrogens with two attached hydrogens (primary N) is 1. The lowest BCUT2D eigenvalue weighted by Gasteiger charge is -2.29. The fourth-order valence-corrected chi connectivity index (χ4v) is 4.32. The number of nitrogens with zero attached hydrogens (tertiary/aromatic N) is 2. The number of amides is 4. The lowest BCUT2D eigenvalue weighted by Crippen LogP contribution is -2.61. The number of hydrogen-bond acceptors (Lipinski definition) is 6. The summed E-state index contributed by atoms with van der Waals surface area (Å²) in [5, 5.41) is 6.92. The van der Waals surface area contributed by atoms with Crippen LogP contribution in [0.3, 0.4) is 0 Å². The molecule has 0 bridgehead atoms. The van der Waals surface area contributed by atoms with Gasteiger partial charge in [0.25, 0.3) is 5.79 Å². The summed E-state index contributed by atoms with van der Waals surface area (Å²) in [6.07, 6.45) is 5.20. The van der Waals surface area contributed by atoms with Gasteiger partial charge in [-0.15, -0.1) is 0 Å². The van der Waals surface area contributed by atoms with E-state index >= 15 is 4.39 Å². The number of pyridine rings is 1. The van der Waals surface area contributed by atoms with Gasteiger partial charge in [-0.25, -0.2) is 4.39 Å². The van der Waals surface area contributed by atoms with Gasteiger partial charge in [0.2, 0.25) is 17.7 Å². The van der Waals surface area contributed by atoms with E-state index in [1.54, 1.807) is 61.8 Å². The Morgan fingerprint density at radius 2 is 1.55 bits per heavy atom. The molecule has 1 heterocycles. The number of likely N-dealkylation sites (N-methyl/N-ethyl adjacent to an activating group) is 1. The van der Waals surface area contributed by atoms with E-state index in [-0.39, 0.29) is 25.7 Å². The molecule has 230 valence electrons. The van der Waals surface area contributed by atoms with Crippen molar-refractivity contribution >= 4 is 23.6 Å². The third-order valence-electron chi connectivity index (χ3n) is 6.73. The molecule has 0 saturated carbocycles. The first-order chi connectivity index (χ1) is 20.0. The van der Waals surface area contributed by atoms with Crippen LogP contribution in [-0.4, -0.2) is 64.7 Å². The van der Waals surface area contributed by atoms with Crippen LogP contribution < -0.4 is 21.7 Å². The molecule has 0 aliphatic heterocycles. The van der Waals surface area contributed by atoms with Crippen molar-refractivity contribution in [3.63, 3.8) is 0 Å². The Hall–Kier alpha value is -3.93. The molecule has 0 saturated heterocycles. The Bertz CT molecular complexity index is 1160. The highest BCUT2D eigenvalue weighted by Gasteiger charge is 2.43. The normalized spacial score (nSPS) is 14.5. The van der Waals surface area contributed by atoms with Gasteiger partial charge in [0.15, 0.2) is 0 Å². The van der Waals surface area contributed by atoms with Crippen LogP contribution in [0, 0.1) is 0 Å². The van der Waals surface area contributed by atoms with Crippen molar-refractivity contribution in [3.05, 3.63) is 66.0 Å². The second-order valence-corrected chi connectivity index (χ2v) is 10.3. The van der Waals surface area contributed by atoms with Crippen molar-refractivity contribution in [2.45, 2.75) is 89.1 Å². The quantitative estimate of drug-likeness (QED) is 0.165. The molecule has 0 unspecified atom stereocenters. The number of unbranched alkanes of at least 4 members (excludes halogenated alkanes) is 2. The molecule has 5 N–H and O–H groups in total. The topological polar surface area (TPSA) is 147 Å². The number of benzene rings is 1. The Labute approximate surface area is 245 Å². The van der Waals surface area contributed by atoms with E-state index in [9.17, 15) is 23.7 Å². The first kappa shape index (κ1) is 34.3. The predicted molar refractivity (Wildman–Crippen MR) is 155 cm³/mol. The van der Waals surface area contributed by atoms with Gasteiger partial charge in [-0.1, -0.05) is 74.0 Å².